The molecule has 2 heterocycles. The molecule has 0 fully saturated rings. The topological polar surface area (TPSA) is 132 Å². The molecule has 1 aromatic heterocycles. The lowest BCUT2D eigenvalue weighted by Crippen LogP contribution is -2.44. The van der Waals surface area contributed by atoms with E-state index in [1.807, 2.05) is 6.92 Å². The molecule has 2 amide bonds. The van der Waals surface area contributed by atoms with Crippen LogP contribution in [0.1, 0.15) is 49.3 Å². The number of nitriles is 1. The highest BCUT2D eigenvalue weighted by atomic mass is 32.2. The van der Waals surface area contributed by atoms with Gasteiger partial charge in [-0.25, -0.2) is 4.79 Å². The van der Waals surface area contributed by atoms with Crippen molar-refractivity contribution >= 4 is 39.4 Å². The van der Waals surface area contributed by atoms with Crippen LogP contribution in [0, 0.1) is 11.3 Å². The van der Waals surface area contributed by atoms with Crippen molar-refractivity contribution in [2.45, 2.75) is 63.6 Å². The standard InChI is InChI=1S/C23H27N3O6S2/c1-13-8-18-16(12-26(13)22(28)32-23(2,3)4)15(11-24)21(33-18)25-20(27)10-14-6-7-19(34(29)30)17(9-14)31-5/h6-7,9,13H,8,10,12H2,1-5H3,(H,25,27)(H,29,30)/p-1. The molecule has 1 aliphatic heterocycles. The van der Waals surface area contributed by atoms with Gasteiger partial charge in [-0.1, -0.05) is 6.07 Å². The average Bonchev–Trinajstić information content (AvgIpc) is 3.06. The molecule has 1 aromatic carbocycles. The summed E-state index contributed by atoms with van der Waals surface area (Å²) in [5.41, 5.74) is 0.985. The average molecular weight is 505 g/mol. The van der Waals surface area contributed by atoms with E-state index in [1.165, 1.54) is 36.6 Å². The summed E-state index contributed by atoms with van der Waals surface area (Å²) < 4.78 is 33.1. The maximum absolute atomic E-state index is 12.7. The molecule has 2 aromatic rings. The lowest BCUT2D eigenvalue weighted by Gasteiger charge is -2.34. The molecular weight excluding hydrogens is 478 g/mol. The number of carbonyl (C=O) groups excluding carboxylic acids is 2. The summed E-state index contributed by atoms with van der Waals surface area (Å²) in [5, 5.41) is 13.0. The molecule has 0 saturated carbocycles. The largest absolute Gasteiger partial charge is 0.768 e. The number of nitrogens with zero attached hydrogens (tertiary/aromatic N) is 2. The Balaban J connectivity index is 1.78. The summed E-state index contributed by atoms with van der Waals surface area (Å²) in [7, 11) is 1.35. The highest BCUT2D eigenvalue weighted by Crippen LogP contribution is 2.38. The van der Waals surface area contributed by atoms with Gasteiger partial charge in [-0.05, 0) is 56.5 Å². The second-order valence-electron chi connectivity index (χ2n) is 8.93. The van der Waals surface area contributed by atoms with Crippen LogP contribution in [0.4, 0.5) is 9.80 Å². The Kier molecular flexibility index (Phi) is 7.65. The summed E-state index contributed by atoms with van der Waals surface area (Å²) >= 11 is -1.12. The molecule has 0 radical (unpaired) electrons. The molecule has 1 aliphatic rings. The Morgan fingerprint density at radius 2 is 2.09 bits per heavy atom. The van der Waals surface area contributed by atoms with Crippen molar-refractivity contribution in [3.05, 3.63) is 39.8 Å². The SMILES string of the molecule is COc1cc(CC(=O)Nc2sc3c(c2C#N)CN(C(=O)OC(C)(C)C)C(C)C3)ccc1S(=O)[O-]. The molecule has 2 unspecified atom stereocenters. The number of ether oxygens (including phenoxy) is 2. The van der Waals surface area contributed by atoms with Crippen molar-refractivity contribution < 1.29 is 27.8 Å². The van der Waals surface area contributed by atoms with Gasteiger partial charge in [0, 0.05) is 22.9 Å². The molecule has 11 heteroatoms. The van der Waals surface area contributed by atoms with Gasteiger partial charge in [-0.15, -0.1) is 11.3 Å². The fraction of sp³-hybridized carbons (Fsp3) is 0.435. The van der Waals surface area contributed by atoms with E-state index >= 15 is 0 Å². The first-order valence-electron chi connectivity index (χ1n) is 10.5. The monoisotopic (exact) mass is 504 g/mol. The molecule has 9 nitrogen and oxygen atoms in total. The van der Waals surface area contributed by atoms with Crippen molar-refractivity contribution in [3.63, 3.8) is 0 Å². The molecule has 3 rings (SSSR count). The summed E-state index contributed by atoms with van der Waals surface area (Å²) in [5.74, 6) is -0.204. The summed E-state index contributed by atoms with van der Waals surface area (Å²) in [4.78, 5) is 27.9. The van der Waals surface area contributed by atoms with E-state index in [0.717, 1.165) is 10.4 Å². The minimum absolute atomic E-state index is 0.00742. The Hall–Kier alpha value is -2.94. The van der Waals surface area contributed by atoms with Gasteiger partial charge in [0.2, 0.25) is 5.91 Å². The molecule has 0 spiro atoms. The normalized spacial score (nSPS) is 16.3. The molecule has 0 aliphatic carbocycles. The van der Waals surface area contributed by atoms with E-state index in [4.69, 9.17) is 9.47 Å². The maximum atomic E-state index is 12.7. The molecule has 0 bridgehead atoms. The number of hydrogen-bond donors (Lipinski definition) is 1. The zero-order chi connectivity index (χ0) is 25.2. The van der Waals surface area contributed by atoms with Gasteiger partial charge in [-0.2, -0.15) is 5.26 Å². The van der Waals surface area contributed by atoms with Gasteiger partial charge < -0.3 is 24.2 Å². The Labute approximate surface area is 204 Å². The van der Waals surface area contributed by atoms with Gasteiger partial charge in [-0.3, -0.25) is 9.00 Å². The third-order valence-corrected chi connectivity index (χ3v) is 7.06. The molecule has 34 heavy (non-hydrogen) atoms. The van der Waals surface area contributed by atoms with Gasteiger partial charge in [0.05, 0.1) is 30.5 Å². The second kappa shape index (κ2) is 10.1. The highest BCUT2D eigenvalue weighted by Gasteiger charge is 2.34. The number of amides is 2. The summed E-state index contributed by atoms with van der Waals surface area (Å²) in [6.07, 6.45) is 0.0767. The molecule has 182 valence electrons. The van der Waals surface area contributed by atoms with Gasteiger partial charge in [0.25, 0.3) is 0 Å². The van der Waals surface area contributed by atoms with E-state index < -0.39 is 22.8 Å². The first kappa shape index (κ1) is 25.7. The fourth-order valence-electron chi connectivity index (χ4n) is 3.64. The number of carbonyl (C=O) groups is 2. The molecule has 2 atom stereocenters. The predicted molar refractivity (Wildman–Crippen MR) is 126 cm³/mol. The number of benzene rings is 1. The Morgan fingerprint density at radius 1 is 1.38 bits per heavy atom. The zero-order valence-corrected chi connectivity index (χ0v) is 21.2. The number of anilines is 1. The number of thiophene rings is 1. The van der Waals surface area contributed by atoms with E-state index in [-0.39, 0.29) is 35.6 Å². The van der Waals surface area contributed by atoms with Crippen LogP contribution in [0.5, 0.6) is 5.75 Å². The summed E-state index contributed by atoms with van der Waals surface area (Å²) in [6, 6.07) is 6.46. The molecule has 1 N–H and O–H groups in total. The summed E-state index contributed by atoms with van der Waals surface area (Å²) in [6.45, 7) is 7.54. The first-order chi connectivity index (χ1) is 15.9. The minimum Gasteiger partial charge on any atom is -0.768 e. The van der Waals surface area contributed by atoms with E-state index in [0.29, 0.717) is 22.5 Å². The lowest BCUT2D eigenvalue weighted by atomic mass is 10.0. The van der Waals surface area contributed by atoms with Crippen molar-refractivity contribution in [3.8, 4) is 11.8 Å². The number of nitrogens with one attached hydrogen (secondary N) is 1. The van der Waals surface area contributed by atoms with E-state index in [2.05, 4.69) is 11.4 Å². The maximum Gasteiger partial charge on any atom is 0.410 e. The predicted octanol–water partition coefficient (Wildman–Crippen LogP) is 3.73. The number of hydrogen-bond acceptors (Lipinski definition) is 8. The number of fused-ring (bicyclic) bond motifs is 1. The molecular formula is C23H26N3O6S2-. The smallest absolute Gasteiger partial charge is 0.410 e. The quantitative estimate of drug-likeness (QED) is 0.614. The van der Waals surface area contributed by atoms with Gasteiger partial charge in [0.15, 0.2) is 0 Å². The number of rotatable bonds is 5. The van der Waals surface area contributed by atoms with Crippen LogP contribution in [0.25, 0.3) is 0 Å². The van der Waals surface area contributed by atoms with Crippen LogP contribution in [-0.2, 0) is 40.0 Å². The Bertz CT molecular complexity index is 1180. The highest BCUT2D eigenvalue weighted by molar-refractivity contribution is 7.79. The van der Waals surface area contributed by atoms with Gasteiger partial charge >= 0.3 is 6.09 Å². The lowest BCUT2D eigenvalue weighted by molar-refractivity contribution is -0.115. The van der Waals surface area contributed by atoms with Crippen LogP contribution < -0.4 is 10.1 Å². The fourth-order valence-corrected chi connectivity index (χ4v) is 5.42. The van der Waals surface area contributed by atoms with Crippen LogP contribution >= 0.6 is 11.3 Å². The second-order valence-corrected chi connectivity index (χ2v) is 10.9. The van der Waals surface area contributed by atoms with Crippen LogP contribution in [-0.4, -0.2) is 44.4 Å². The third kappa shape index (κ3) is 5.75. The number of methoxy groups -OCH3 is 1. The van der Waals surface area contributed by atoms with E-state index in [9.17, 15) is 23.6 Å². The van der Waals surface area contributed by atoms with Crippen molar-refractivity contribution in [1.29, 1.82) is 5.26 Å². The van der Waals surface area contributed by atoms with E-state index in [1.54, 1.807) is 25.7 Å². The Morgan fingerprint density at radius 3 is 2.68 bits per heavy atom. The molecule has 0 saturated heterocycles. The van der Waals surface area contributed by atoms with Crippen molar-refractivity contribution in [2.24, 2.45) is 0 Å². The van der Waals surface area contributed by atoms with Crippen molar-refractivity contribution in [1.82, 2.24) is 4.90 Å². The van der Waals surface area contributed by atoms with Crippen LogP contribution in [0.3, 0.4) is 0 Å². The minimum atomic E-state index is -2.46. The third-order valence-electron chi connectivity index (χ3n) is 5.20. The van der Waals surface area contributed by atoms with Crippen LogP contribution in [0.2, 0.25) is 0 Å². The first-order valence-corrected chi connectivity index (χ1v) is 12.4. The zero-order valence-electron chi connectivity index (χ0n) is 19.6. The van der Waals surface area contributed by atoms with Crippen LogP contribution in [0.15, 0.2) is 23.1 Å². The van der Waals surface area contributed by atoms with Crippen molar-refractivity contribution in [2.75, 3.05) is 12.4 Å². The van der Waals surface area contributed by atoms with Gasteiger partial charge in [0.1, 0.15) is 22.4 Å².